The van der Waals surface area contributed by atoms with Gasteiger partial charge in [-0.3, -0.25) is 4.72 Å². The van der Waals surface area contributed by atoms with Gasteiger partial charge < -0.3 is 5.11 Å². The van der Waals surface area contributed by atoms with Crippen LogP contribution in [-0.2, 0) is 10.0 Å². The molecule has 0 aliphatic carbocycles. The minimum absolute atomic E-state index is 0.0267. The molecular weight excluding hydrogens is 230 g/mol. The lowest BCUT2D eigenvalue weighted by atomic mass is 10.2. The quantitative estimate of drug-likeness (QED) is 0.761. The van der Waals surface area contributed by atoms with Crippen LogP contribution in [0, 0.1) is 0 Å². The SMILES string of the molecule is C=CCS(=O)(=O)Nc1cccc(C(=O)O)c1. The lowest BCUT2D eigenvalue weighted by molar-refractivity contribution is 0.0697. The summed E-state index contributed by atoms with van der Waals surface area (Å²) in [5.41, 5.74) is 0.251. The average molecular weight is 241 g/mol. The fourth-order valence-electron chi connectivity index (χ4n) is 1.09. The van der Waals surface area contributed by atoms with Crippen LogP contribution in [0.25, 0.3) is 0 Å². The Kier molecular flexibility index (Phi) is 3.68. The summed E-state index contributed by atoms with van der Waals surface area (Å²) in [5.74, 6) is -1.32. The summed E-state index contributed by atoms with van der Waals surface area (Å²) in [4.78, 5) is 10.7. The van der Waals surface area contributed by atoms with Crippen LogP contribution in [0.15, 0.2) is 36.9 Å². The highest BCUT2D eigenvalue weighted by atomic mass is 32.2. The monoisotopic (exact) mass is 241 g/mol. The van der Waals surface area contributed by atoms with E-state index in [-0.39, 0.29) is 17.0 Å². The molecule has 86 valence electrons. The van der Waals surface area contributed by atoms with E-state index < -0.39 is 16.0 Å². The van der Waals surface area contributed by atoms with E-state index in [1.54, 1.807) is 0 Å². The Morgan fingerprint density at radius 2 is 2.19 bits per heavy atom. The van der Waals surface area contributed by atoms with Crippen LogP contribution in [0.3, 0.4) is 0 Å². The minimum atomic E-state index is -3.49. The summed E-state index contributed by atoms with van der Waals surface area (Å²) in [6.07, 6.45) is 1.25. The van der Waals surface area contributed by atoms with E-state index in [0.29, 0.717) is 0 Å². The second-order valence-electron chi connectivity index (χ2n) is 3.06. The molecule has 1 aromatic rings. The summed E-state index contributed by atoms with van der Waals surface area (Å²) < 4.78 is 25.0. The first-order valence-electron chi connectivity index (χ1n) is 4.39. The maximum Gasteiger partial charge on any atom is 0.335 e. The van der Waals surface area contributed by atoms with E-state index >= 15 is 0 Å². The summed E-state index contributed by atoms with van der Waals surface area (Å²) >= 11 is 0. The van der Waals surface area contributed by atoms with Crippen molar-refractivity contribution in [3.8, 4) is 0 Å². The molecule has 0 radical (unpaired) electrons. The first kappa shape index (κ1) is 12.3. The van der Waals surface area contributed by atoms with E-state index in [9.17, 15) is 13.2 Å². The normalized spacial score (nSPS) is 10.8. The smallest absolute Gasteiger partial charge is 0.335 e. The number of aromatic carboxylic acids is 1. The van der Waals surface area contributed by atoms with Crippen molar-refractivity contribution in [3.05, 3.63) is 42.5 Å². The second-order valence-corrected chi connectivity index (χ2v) is 4.83. The molecule has 5 nitrogen and oxygen atoms in total. The first-order chi connectivity index (χ1) is 7.44. The number of hydrogen-bond donors (Lipinski definition) is 2. The van der Waals surface area contributed by atoms with Gasteiger partial charge in [0.2, 0.25) is 10.0 Å². The summed E-state index contributed by atoms with van der Waals surface area (Å²) in [6, 6.07) is 5.58. The van der Waals surface area contributed by atoms with E-state index in [0.717, 1.165) is 0 Å². The second kappa shape index (κ2) is 4.80. The minimum Gasteiger partial charge on any atom is -0.478 e. The van der Waals surface area contributed by atoms with Gasteiger partial charge in [-0.1, -0.05) is 12.1 Å². The number of anilines is 1. The molecular formula is C10H11NO4S. The van der Waals surface area contributed by atoms with Crippen LogP contribution >= 0.6 is 0 Å². The molecule has 0 atom stereocenters. The zero-order valence-electron chi connectivity index (χ0n) is 8.38. The number of rotatable bonds is 5. The zero-order chi connectivity index (χ0) is 12.2. The Morgan fingerprint density at radius 3 is 2.75 bits per heavy atom. The van der Waals surface area contributed by atoms with Crippen LogP contribution in [0.5, 0.6) is 0 Å². The van der Waals surface area contributed by atoms with Gasteiger partial charge in [0.1, 0.15) is 0 Å². The Morgan fingerprint density at radius 1 is 1.50 bits per heavy atom. The van der Waals surface area contributed by atoms with Gasteiger partial charge in [-0.2, -0.15) is 0 Å². The number of carboxylic acids is 1. The predicted molar refractivity (Wildman–Crippen MR) is 61.0 cm³/mol. The highest BCUT2D eigenvalue weighted by Crippen LogP contribution is 2.12. The first-order valence-corrected chi connectivity index (χ1v) is 6.04. The molecule has 1 rings (SSSR count). The fourth-order valence-corrected chi connectivity index (χ4v) is 1.97. The number of sulfonamides is 1. The maximum absolute atomic E-state index is 11.4. The van der Waals surface area contributed by atoms with Gasteiger partial charge in [0.05, 0.1) is 11.3 Å². The van der Waals surface area contributed by atoms with Crippen LogP contribution in [0.1, 0.15) is 10.4 Å². The highest BCUT2D eigenvalue weighted by Gasteiger charge is 2.09. The van der Waals surface area contributed by atoms with Gasteiger partial charge in [0.25, 0.3) is 0 Å². The van der Waals surface area contributed by atoms with E-state index in [1.807, 2.05) is 0 Å². The molecule has 0 saturated heterocycles. The van der Waals surface area contributed by atoms with Gasteiger partial charge in [0.15, 0.2) is 0 Å². The van der Waals surface area contributed by atoms with Crippen molar-refractivity contribution in [3.63, 3.8) is 0 Å². The topological polar surface area (TPSA) is 83.5 Å². The fraction of sp³-hybridized carbons (Fsp3) is 0.100. The molecule has 0 saturated carbocycles. The van der Waals surface area contributed by atoms with E-state index in [2.05, 4.69) is 11.3 Å². The molecule has 6 heteroatoms. The number of benzene rings is 1. The molecule has 0 unspecified atom stereocenters. The largest absolute Gasteiger partial charge is 0.478 e. The third kappa shape index (κ3) is 3.39. The Balaban J connectivity index is 2.94. The molecule has 0 aliphatic heterocycles. The Labute approximate surface area is 93.5 Å². The van der Waals surface area contributed by atoms with Crippen LogP contribution in [-0.4, -0.2) is 25.2 Å². The van der Waals surface area contributed by atoms with Gasteiger partial charge in [-0.15, -0.1) is 6.58 Å². The maximum atomic E-state index is 11.4. The van der Waals surface area contributed by atoms with Gasteiger partial charge in [-0.05, 0) is 18.2 Å². The molecule has 0 amide bonds. The van der Waals surface area contributed by atoms with Crippen molar-refractivity contribution in [1.82, 2.24) is 0 Å². The number of carboxylic acid groups (broad SMARTS) is 1. The zero-order valence-corrected chi connectivity index (χ0v) is 9.20. The summed E-state index contributed by atoms with van der Waals surface area (Å²) in [6.45, 7) is 3.32. The number of nitrogens with one attached hydrogen (secondary N) is 1. The van der Waals surface area contributed by atoms with Crippen molar-refractivity contribution in [2.24, 2.45) is 0 Å². The average Bonchev–Trinajstić information content (AvgIpc) is 2.17. The van der Waals surface area contributed by atoms with Crippen molar-refractivity contribution in [1.29, 1.82) is 0 Å². The molecule has 0 spiro atoms. The van der Waals surface area contributed by atoms with Gasteiger partial charge >= 0.3 is 5.97 Å². The molecule has 16 heavy (non-hydrogen) atoms. The van der Waals surface area contributed by atoms with Gasteiger partial charge in [0, 0.05) is 5.69 Å². The predicted octanol–water partition coefficient (Wildman–Crippen LogP) is 1.31. The van der Waals surface area contributed by atoms with Crippen molar-refractivity contribution in [2.75, 3.05) is 10.5 Å². The summed E-state index contributed by atoms with van der Waals surface area (Å²) in [5, 5.41) is 8.72. The Hall–Kier alpha value is -1.82. The molecule has 0 fully saturated rings. The molecule has 0 aliphatic rings. The standard InChI is InChI=1S/C10H11NO4S/c1-2-6-16(14,15)11-9-5-3-4-8(7-9)10(12)13/h2-5,7,11H,1,6H2,(H,12,13). The molecule has 0 bridgehead atoms. The van der Waals surface area contributed by atoms with Crippen LogP contribution in [0.2, 0.25) is 0 Å². The molecule has 2 N–H and O–H groups in total. The van der Waals surface area contributed by atoms with Crippen molar-refractivity contribution < 1.29 is 18.3 Å². The van der Waals surface area contributed by atoms with Crippen LogP contribution < -0.4 is 4.72 Å². The highest BCUT2D eigenvalue weighted by molar-refractivity contribution is 7.92. The van der Waals surface area contributed by atoms with E-state index in [1.165, 1.54) is 30.3 Å². The summed E-state index contributed by atoms with van der Waals surface area (Å²) in [7, 11) is -3.49. The lowest BCUT2D eigenvalue weighted by Gasteiger charge is -2.06. The van der Waals surface area contributed by atoms with Crippen molar-refractivity contribution >= 4 is 21.7 Å². The number of hydrogen-bond acceptors (Lipinski definition) is 3. The van der Waals surface area contributed by atoms with E-state index in [4.69, 9.17) is 5.11 Å². The van der Waals surface area contributed by atoms with Crippen LogP contribution in [0.4, 0.5) is 5.69 Å². The molecule has 0 heterocycles. The third-order valence-corrected chi connectivity index (χ3v) is 2.94. The number of carbonyl (C=O) groups is 1. The molecule has 1 aromatic carbocycles. The van der Waals surface area contributed by atoms with Gasteiger partial charge in [-0.25, -0.2) is 13.2 Å². The molecule has 0 aromatic heterocycles. The lowest BCUT2D eigenvalue weighted by Crippen LogP contribution is -2.15. The van der Waals surface area contributed by atoms with Crippen molar-refractivity contribution in [2.45, 2.75) is 0 Å². The Bertz CT molecular complexity index is 507. The third-order valence-electron chi connectivity index (χ3n) is 1.72.